The number of benzene rings is 1. The van der Waals surface area contributed by atoms with Crippen molar-refractivity contribution in [2.24, 2.45) is 0 Å². The third-order valence-corrected chi connectivity index (χ3v) is 6.41. The standard InChI is InChI=1S/C20H19F3N4O3S/c1-2-31(29,30)26-17-6-3-12(9-16(17)20(21,22)23)15-10-18(27(11-28)13-4-5-13)25-19-14(15)7-8-24-19/h3,6-11,13,26H,2,4-5H2,1H3,(H,24,25). The number of aromatic nitrogens is 2. The summed E-state index contributed by atoms with van der Waals surface area (Å²) in [6.45, 7) is 1.34. The Hall–Kier alpha value is -3.08. The quantitative estimate of drug-likeness (QED) is 0.527. The summed E-state index contributed by atoms with van der Waals surface area (Å²) in [7, 11) is -3.89. The SMILES string of the molecule is CCS(=O)(=O)Nc1ccc(-c2cc(N(C=O)C3CC3)nc3[nH]ccc23)cc1C(F)(F)F. The van der Waals surface area contributed by atoms with Gasteiger partial charge in [0.1, 0.15) is 11.5 Å². The fraction of sp³-hybridized carbons (Fsp3) is 0.300. The number of hydrogen-bond acceptors (Lipinski definition) is 4. The lowest BCUT2D eigenvalue weighted by molar-refractivity contribution is -0.136. The van der Waals surface area contributed by atoms with Gasteiger partial charge in [0.05, 0.1) is 17.0 Å². The molecule has 1 amide bonds. The Morgan fingerprint density at radius 3 is 2.61 bits per heavy atom. The predicted octanol–water partition coefficient (Wildman–Crippen LogP) is 4.14. The van der Waals surface area contributed by atoms with E-state index in [1.54, 1.807) is 18.3 Å². The molecule has 2 heterocycles. The van der Waals surface area contributed by atoms with Gasteiger partial charge in [-0.15, -0.1) is 0 Å². The topological polar surface area (TPSA) is 95.2 Å². The maximum absolute atomic E-state index is 13.7. The minimum Gasteiger partial charge on any atom is -0.346 e. The largest absolute Gasteiger partial charge is 0.418 e. The monoisotopic (exact) mass is 452 g/mol. The molecule has 2 aromatic heterocycles. The molecular formula is C20H19F3N4O3S. The molecule has 4 rings (SSSR count). The fourth-order valence-corrected chi connectivity index (χ4v) is 4.01. The summed E-state index contributed by atoms with van der Waals surface area (Å²) in [5.41, 5.74) is -0.529. The first-order chi connectivity index (χ1) is 14.6. The van der Waals surface area contributed by atoms with Crippen molar-refractivity contribution in [3.05, 3.63) is 42.1 Å². The number of aromatic amines is 1. The Morgan fingerprint density at radius 2 is 2.00 bits per heavy atom. The smallest absolute Gasteiger partial charge is 0.346 e. The number of carbonyl (C=O) groups excluding carboxylic acids is 1. The van der Waals surface area contributed by atoms with Crippen LogP contribution >= 0.6 is 0 Å². The Kier molecular flexibility index (Phi) is 5.16. The van der Waals surface area contributed by atoms with Crippen LogP contribution in [0.3, 0.4) is 0 Å². The van der Waals surface area contributed by atoms with Crippen LogP contribution in [-0.4, -0.2) is 36.6 Å². The summed E-state index contributed by atoms with van der Waals surface area (Å²) in [6, 6.07) is 6.71. The summed E-state index contributed by atoms with van der Waals surface area (Å²) < 4.78 is 66.9. The second-order valence-corrected chi connectivity index (χ2v) is 9.29. The zero-order valence-corrected chi connectivity index (χ0v) is 17.2. The molecule has 1 aliphatic carbocycles. The van der Waals surface area contributed by atoms with E-state index in [9.17, 15) is 26.4 Å². The molecule has 1 saturated carbocycles. The number of halogens is 3. The van der Waals surface area contributed by atoms with Gasteiger partial charge in [0, 0.05) is 17.6 Å². The van der Waals surface area contributed by atoms with Crippen molar-refractivity contribution in [1.82, 2.24) is 9.97 Å². The van der Waals surface area contributed by atoms with E-state index >= 15 is 0 Å². The number of fused-ring (bicyclic) bond motifs is 1. The normalized spacial score (nSPS) is 14.6. The maximum atomic E-state index is 13.7. The van der Waals surface area contributed by atoms with Crippen LogP contribution in [0.2, 0.25) is 0 Å². The highest BCUT2D eigenvalue weighted by Crippen LogP contribution is 2.40. The van der Waals surface area contributed by atoms with E-state index in [2.05, 4.69) is 9.97 Å². The van der Waals surface area contributed by atoms with Gasteiger partial charge in [-0.2, -0.15) is 13.2 Å². The maximum Gasteiger partial charge on any atom is 0.418 e. The first kappa shape index (κ1) is 21.2. The number of hydrogen-bond donors (Lipinski definition) is 2. The highest BCUT2D eigenvalue weighted by molar-refractivity contribution is 7.92. The van der Waals surface area contributed by atoms with Crippen LogP contribution in [0.1, 0.15) is 25.3 Å². The third kappa shape index (κ3) is 4.22. The molecule has 1 aliphatic rings. The highest BCUT2D eigenvalue weighted by Gasteiger charge is 2.35. The summed E-state index contributed by atoms with van der Waals surface area (Å²) in [4.78, 5) is 20.4. The lowest BCUT2D eigenvalue weighted by Crippen LogP contribution is -2.24. The van der Waals surface area contributed by atoms with Crippen LogP contribution in [0.15, 0.2) is 36.5 Å². The first-order valence-corrected chi connectivity index (χ1v) is 11.2. The van der Waals surface area contributed by atoms with Gasteiger partial charge in [-0.3, -0.25) is 14.4 Å². The number of amides is 1. The molecule has 0 bridgehead atoms. The molecule has 11 heteroatoms. The van der Waals surface area contributed by atoms with Gasteiger partial charge < -0.3 is 4.98 Å². The van der Waals surface area contributed by atoms with Gasteiger partial charge in [0.15, 0.2) is 0 Å². The van der Waals surface area contributed by atoms with Gasteiger partial charge in [0.25, 0.3) is 0 Å². The summed E-state index contributed by atoms with van der Waals surface area (Å²) >= 11 is 0. The molecule has 3 aromatic rings. The van der Waals surface area contributed by atoms with E-state index in [-0.39, 0.29) is 17.4 Å². The summed E-state index contributed by atoms with van der Waals surface area (Å²) in [6.07, 6.45) is -0.826. The molecular weight excluding hydrogens is 433 g/mol. The lowest BCUT2D eigenvalue weighted by atomic mass is 9.99. The molecule has 164 valence electrons. The van der Waals surface area contributed by atoms with E-state index in [1.165, 1.54) is 17.9 Å². The van der Waals surface area contributed by atoms with Crippen molar-refractivity contribution in [3.63, 3.8) is 0 Å². The zero-order valence-electron chi connectivity index (χ0n) is 16.4. The molecule has 0 aliphatic heterocycles. The molecule has 0 atom stereocenters. The first-order valence-electron chi connectivity index (χ1n) is 9.57. The second kappa shape index (κ2) is 7.56. The number of nitrogens with zero attached hydrogens (tertiary/aromatic N) is 2. The molecule has 31 heavy (non-hydrogen) atoms. The van der Waals surface area contributed by atoms with Crippen LogP contribution in [0, 0.1) is 0 Å². The van der Waals surface area contributed by atoms with Crippen molar-refractivity contribution >= 4 is 39.0 Å². The number of rotatable bonds is 7. The van der Waals surface area contributed by atoms with Crippen molar-refractivity contribution < 1.29 is 26.4 Å². The van der Waals surface area contributed by atoms with Crippen molar-refractivity contribution in [1.29, 1.82) is 0 Å². The van der Waals surface area contributed by atoms with Gasteiger partial charge >= 0.3 is 6.18 Å². The Bertz CT molecular complexity index is 1250. The van der Waals surface area contributed by atoms with E-state index in [0.29, 0.717) is 28.8 Å². The molecule has 1 aromatic carbocycles. The average molecular weight is 452 g/mol. The number of H-pyrrole nitrogens is 1. The third-order valence-electron chi connectivity index (χ3n) is 5.11. The number of alkyl halides is 3. The molecule has 1 fully saturated rings. The summed E-state index contributed by atoms with van der Waals surface area (Å²) in [5, 5.41) is 0.584. The van der Waals surface area contributed by atoms with E-state index < -0.39 is 27.5 Å². The number of anilines is 2. The number of carbonyl (C=O) groups is 1. The molecule has 0 saturated heterocycles. The van der Waals surface area contributed by atoms with Gasteiger partial charge in [0.2, 0.25) is 16.4 Å². The number of pyridine rings is 1. The predicted molar refractivity (Wildman–Crippen MR) is 111 cm³/mol. The van der Waals surface area contributed by atoms with E-state index in [0.717, 1.165) is 25.0 Å². The summed E-state index contributed by atoms with van der Waals surface area (Å²) in [5.74, 6) is -0.0151. The Morgan fingerprint density at radius 1 is 1.26 bits per heavy atom. The number of nitrogens with one attached hydrogen (secondary N) is 2. The molecule has 0 unspecified atom stereocenters. The zero-order chi connectivity index (χ0) is 22.4. The van der Waals surface area contributed by atoms with E-state index in [1.807, 2.05) is 4.72 Å². The van der Waals surface area contributed by atoms with Crippen LogP contribution in [-0.2, 0) is 21.0 Å². The van der Waals surface area contributed by atoms with Crippen molar-refractivity contribution in [2.45, 2.75) is 32.0 Å². The van der Waals surface area contributed by atoms with Crippen molar-refractivity contribution in [3.8, 4) is 11.1 Å². The van der Waals surface area contributed by atoms with Crippen LogP contribution < -0.4 is 9.62 Å². The molecule has 0 spiro atoms. The fourth-order valence-electron chi connectivity index (χ4n) is 3.35. The van der Waals surface area contributed by atoms with Gasteiger partial charge in [-0.25, -0.2) is 13.4 Å². The van der Waals surface area contributed by atoms with Gasteiger partial charge in [-0.05, 0) is 55.2 Å². The van der Waals surface area contributed by atoms with Crippen LogP contribution in [0.5, 0.6) is 0 Å². The van der Waals surface area contributed by atoms with Crippen molar-refractivity contribution in [2.75, 3.05) is 15.4 Å². The lowest BCUT2D eigenvalue weighted by Gasteiger charge is -2.19. The average Bonchev–Trinajstić information content (AvgIpc) is 3.43. The Labute approximate surface area is 176 Å². The highest BCUT2D eigenvalue weighted by atomic mass is 32.2. The van der Waals surface area contributed by atoms with Crippen LogP contribution in [0.4, 0.5) is 24.7 Å². The minimum absolute atomic E-state index is 0.0295. The molecule has 0 radical (unpaired) electrons. The van der Waals surface area contributed by atoms with E-state index in [4.69, 9.17) is 0 Å². The molecule has 7 nitrogen and oxygen atoms in total. The number of sulfonamides is 1. The van der Waals surface area contributed by atoms with Crippen LogP contribution in [0.25, 0.3) is 22.2 Å². The minimum atomic E-state index is -4.78. The Balaban J connectivity index is 1.87. The molecule has 2 N–H and O–H groups in total. The van der Waals surface area contributed by atoms with Gasteiger partial charge in [-0.1, -0.05) is 6.07 Å². The second-order valence-electron chi connectivity index (χ2n) is 7.28.